The summed E-state index contributed by atoms with van der Waals surface area (Å²) in [4.78, 5) is 79.5. The summed E-state index contributed by atoms with van der Waals surface area (Å²) in [6.45, 7) is 8.94. The van der Waals surface area contributed by atoms with Crippen LogP contribution in [-0.4, -0.2) is 125 Å². The first-order chi connectivity index (χ1) is 25.2. The van der Waals surface area contributed by atoms with Gasteiger partial charge in [0.2, 0.25) is 17.1 Å². The number of amides is 4. The fraction of sp³-hybridized carbons (Fsp3) is 0.595. The van der Waals surface area contributed by atoms with Crippen LogP contribution in [0.25, 0.3) is 0 Å². The minimum Gasteiger partial charge on any atom is -0.462 e. The molecule has 4 amide bonds. The molecule has 3 saturated heterocycles. The molecule has 1 saturated carbocycles. The van der Waals surface area contributed by atoms with Crippen molar-refractivity contribution >= 4 is 52.7 Å². The number of carbonyl (C=O) groups is 5. The predicted molar refractivity (Wildman–Crippen MR) is 193 cm³/mol. The molecule has 0 spiro atoms. The highest BCUT2D eigenvalue weighted by molar-refractivity contribution is 6.28. The molecule has 7 rings (SSSR count). The monoisotopic (exact) mass is 734 g/mol. The van der Waals surface area contributed by atoms with Gasteiger partial charge in [-0.3, -0.25) is 34.3 Å². The van der Waals surface area contributed by atoms with Gasteiger partial charge in [0.25, 0.3) is 11.8 Å². The normalized spacial score (nSPS) is 24.9. The van der Waals surface area contributed by atoms with Crippen LogP contribution in [0.1, 0.15) is 95.8 Å². The smallest absolute Gasteiger partial charge is 0.343 e. The van der Waals surface area contributed by atoms with Gasteiger partial charge in [-0.15, -0.1) is 0 Å². The van der Waals surface area contributed by atoms with Crippen LogP contribution >= 0.6 is 11.6 Å². The van der Waals surface area contributed by atoms with Crippen molar-refractivity contribution in [1.82, 2.24) is 30.0 Å². The number of ether oxygens (including phenoxy) is 1. The summed E-state index contributed by atoms with van der Waals surface area (Å²) in [5.41, 5.74) is 1.85. The Kier molecular flexibility index (Phi) is 11.0. The van der Waals surface area contributed by atoms with E-state index >= 15 is 0 Å². The highest BCUT2D eigenvalue weighted by Gasteiger charge is 2.45. The van der Waals surface area contributed by atoms with Crippen molar-refractivity contribution in [3.8, 4) is 0 Å². The number of nitrogens with one attached hydrogen (secondary N) is 2. The van der Waals surface area contributed by atoms with Crippen molar-refractivity contribution < 1.29 is 28.7 Å². The largest absolute Gasteiger partial charge is 0.462 e. The van der Waals surface area contributed by atoms with E-state index in [2.05, 4.69) is 35.3 Å². The first-order valence-corrected chi connectivity index (χ1v) is 19.1. The minimum atomic E-state index is -0.959. The number of anilines is 2. The van der Waals surface area contributed by atoms with E-state index in [0.29, 0.717) is 28.6 Å². The van der Waals surface area contributed by atoms with E-state index in [1.54, 1.807) is 19.1 Å². The quantitative estimate of drug-likeness (QED) is 0.209. The highest BCUT2D eigenvalue weighted by Crippen LogP contribution is 2.33. The van der Waals surface area contributed by atoms with Gasteiger partial charge in [-0.25, -0.2) is 9.78 Å². The van der Waals surface area contributed by atoms with Gasteiger partial charge in [0.15, 0.2) is 0 Å². The summed E-state index contributed by atoms with van der Waals surface area (Å²) in [7, 11) is 0. The molecule has 4 fully saturated rings. The van der Waals surface area contributed by atoms with Gasteiger partial charge in [-0.05, 0) is 114 Å². The van der Waals surface area contributed by atoms with Gasteiger partial charge in [-0.2, -0.15) is 4.98 Å². The summed E-state index contributed by atoms with van der Waals surface area (Å²) in [6, 6.07) is 5.21. The molecule has 278 valence electrons. The lowest BCUT2D eigenvalue weighted by molar-refractivity contribution is -0.136. The number of carbonyl (C=O) groups excluding carboxylic acids is 5. The Morgan fingerprint density at radius 2 is 1.67 bits per heavy atom. The zero-order valence-corrected chi connectivity index (χ0v) is 30.4. The van der Waals surface area contributed by atoms with Crippen LogP contribution in [0, 0.1) is 5.92 Å². The second-order valence-corrected chi connectivity index (χ2v) is 14.9. The summed E-state index contributed by atoms with van der Waals surface area (Å²) < 4.78 is 5.17. The number of rotatable bonds is 10. The molecule has 1 aliphatic carbocycles. The molecule has 0 radical (unpaired) electrons. The van der Waals surface area contributed by atoms with E-state index < -0.39 is 29.7 Å². The minimum absolute atomic E-state index is 0.102. The fourth-order valence-electron chi connectivity index (χ4n) is 8.46. The number of hydrogen-bond donors (Lipinski definition) is 2. The number of piperidine rings is 2. The van der Waals surface area contributed by atoms with Gasteiger partial charge in [0.1, 0.15) is 17.4 Å². The van der Waals surface area contributed by atoms with Crippen LogP contribution < -0.4 is 15.5 Å². The third-order valence-electron chi connectivity index (χ3n) is 11.5. The maximum atomic E-state index is 13.3. The van der Waals surface area contributed by atoms with E-state index in [-0.39, 0.29) is 36.7 Å². The fourth-order valence-corrected chi connectivity index (χ4v) is 8.60. The van der Waals surface area contributed by atoms with E-state index in [1.807, 2.05) is 6.07 Å². The van der Waals surface area contributed by atoms with Crippen molar-refractivity contribution in [2.75, 3.05) is 62.6 Å². The Bertz CT molecular complexity index is 1700. The molecule has 4 aliphatic heterocycles. The van der Waals surface area contributed by atoms with E-state index in [4.69, 9.17) is 16.3 Å². The molecule has 1 unspecified atom stereocenters. The lowest BCUT2D eigenvalue weighted by Gasteiger charge is -2.41. The number of imide groups is 2. The average molecular weight is 735 g/mol. The number of hydrogen-bond acceptors (Lipinski definition) is 12. The van der Waals surface area contributed by atoms with Crippen molar-refractivity contribution in [3.63, 3.8) is 0 Å². The van der Waals surface area contributed by atoms with Gasteiger partial charge in [0.05, 0.1) is 17.7 Å². The maximum Gasteiger partial charge on any atom is 0.343 e. The number of aromatic nitrogens is 2. The zero-order valence-electron chi connectivity index (χ0n) is 29.7. The third-order valence-corrected chi connectivity index (χ3v) is 11.7. The molecule has 1 atom stereocenters. The molecule has 1 aromatic heterocycles. The standard InChI is InChI=1S/C37H47ClN8O6/c1-2-52-36(51)29-22-39-37(38)42-32(29)40-24-3-5-25(6-4-24)44-15-12-23(13-16-44)11-14-43-17-19-45(20-18-43)26-7-8-27-28(21-26)35(50)46(34(27)49)30-9-10-31(47)41-33(30)48/h7-8,21-25,30H,2-6,9-20H2,1H3,(H,39,40,42)(H,41,47,48). The van der Waals surface area contributed by atoms with Crippen molar-refractivity contribution in [3.05, 3.63) is 46.4 Å². The summed E-state index contributed by atoms with van der Waals surface area (Å²) >= 11 is 6.04. The van der Waals surface area contributed by atoms with E-state index in [0.717, 1.165) is 88.0 Å². The van der Waals surface area contributed by atoms with Crippen molar-refractivity contribution in [2.24, 2.45) is 5.92 Å². The van der Waals surface area contributed by atoms with Crippen LogP contribution in [0.4, 0.5) is 11.5 Å². The predicted octanol–water partition coefficient (Wildman–Crippen LogP) is 3.36. The van der Waals surface area contributed by atoms with Crippen molar-refractivity contribution in [2.45, 2.75) is 82.8 Å². The molecule has 2 aromatic rings. The summed E-state index contributed by atoms with van der Waals surface area (Å²) in [5.74, 6) is -1.21. The van der Waals surface area contributed by atoms with Gasteiger partial charge in [-0.1, -0.05) is 0 Å². The lowest BCUT2D eigenvalue weighted by Crippen LogP contribution is -2.54. The summed E-state index contributed by atoms with van der Waals surface area (Å²) in [6.07, 6.45) is 9.52. The van der Waals surface area contributed by atoms with Gasteiger partial charge in [0, 0.05) is 56.6 Å². The van der Waals surface area contributed by atoms with E-state index in [1.165, 1.54) is 25.5 Å². The second-order valence-electron chi connectivity index (χ2n) is 14.5. The van der Waals surface area contributed by atoms with Crippen LogP contribution in [0.15, 0.2) is 24.4 Å². The molecule has 5 aliphatic rings. The van der Waals surface area contributed by atoms with Crippen molar-refractivity contribution in [1.29, 1.82) is 0 Å². The number of nitrogens with zero attached hydrogens (tertiary/aromatic N) is 6. The van der Waals surface area contributed by atoms with Gasteiger partial charge >= 0.3 is 5.97 Å². The van der Waals surface area contributed by atoms with Gasteiger partial charge < -0.3 is 19.9 Å². The molecule has 2 N–H and O–H groups in total. The molecular formula is C37H47ClN8O6. The van der Waals surface area contributed by atoms with Crippen LogP contribution in [-0.2, 0) is 14.3 Å². The molecule has 0 bridgehead atoms. The number of benzene rings is 1. The van der Waals surface area contributed by atoms with Crippen LogP contribution in [0.3, 0.4) is 0 Å². The number of esters is 1. The number of piperazine rings is 1. The Hall–Kier alpha value is -4.14. The van der Waals surface area contributed by atoms with E-state index in [9.17, 15) is 24.0 Å². The lowest BCUT2D eigenvalue weighted by atomic mass is 9.87. The zero-order chi connectivity index (χ0) is 36.4. The third kappa shape index (κ3) is 7.79. The molecule has 1 aromatic carbocycles. The number of likely N-dealkylation sites (tertiary alicyclic amines) is 1. The second kappa shape index (κ2) is 15.8. The first-order valence-electron chi connectivity index (χ1n) is 18.7. The average Bonchev–Trinajstić information content (AvgIpc) is 3.39. The molecule has 52 heavy (non-hydrogen) atoms. The molecule has 14 nitrogen and oxygen atoms in total. The summed E-state index contributed by atoms with van der Waals surface area (Å²) in [5, 5.41) is 5.79. The Morgan fingerprint density at radius 1 is 0.942 bits per heavy atom. The first kappa shape index (κ1) is 36.2. The Balaban J connectivity index is 0.823. The number of fused-ring (bicyclic) bond motifs is 1. The molecule has 5 heterocycles. The SMILES string of the molecule is CCOC(=O)c1cnc(Cl)nc1NC1CCC(N2CCC(CCN3CCN(c4ccc5c(c4)C(=O)N(C4CCC(=O)NC4=O)C5=O)CC3)CC2)CC1. The van der Waals surface area contributed by atoms with Crippen LogP contribution in [0.5, 0.6) is 0 Å². The highest BCUT2D eigenvalue weighted by atomic mass is 35.5. The molecule has 15 heteroatoms. The topological polar surface area (TPSA) is 157 Å². The molecular weight excluding hydrogens is 688 g/mol. The Morgan fingerprint density at radius 3 is 2.38 bits per heavy atom. The van der Waals surface area contributed by atoms with Crippen LogP contribution in [0.2, 0.25) is 5.28 Å². The maximum absolute atomic E-state index is 13.3. The Labute approximate surface area is 308 Å². The number of halogens is 1.